The minimum absolute atomic E-state index is 0.0286. The molecular formula is C14H20N4O3. The van der Waals surface area contributed by atoms with Gasteiger partial charge in [0, 0.05) is 32.3 Å². The zero-order chi connectivity index (χ0) is 15.2. The molecule has 0 bridgehead atoms. The Hall–Kier alpha value is -2.28. The van der Waals surface area contributed by atoms with Crippen LogP contribution < -0.4 is 21.7 Å². The molecule has 0 saturated heterocycles. The Morgan fingerprint density at radius 1 is 1.43 bits per heavy atom. The second-order valence-electron chi connectivity index (χ2n) is 4.84. The van der Waals surface area contributed by atoms with Gasteiger partial charge in [0.1, 0.15) is 0 Å². The van der Waals surface area contributed by atoms with Crippen molar-refractivity contribution in [2.45, 2.75) is 12.8 Å². The molecule has 1 aromatic rings. The summed E-state index contributed by atoms with van der Waals surface area (Å²) in [4.78, 5) is 22.8. The molecule has 0 saturated carbocycles. The number of benzene rings is 1. The van der Waals surface area contributed by atoms with E-state index in [1.165, 1.54) is 0 Å². The van der Waals surface area contributed by atoms with E-state index in [9.17, 15) is 9.59 Å². The molecule has 0 aliphatic carbocycles. The van der Waals surface area contributed by atoms with Gasteiger partial charge in [-0.1, -0.05) is 0 Å². The Morgan fingerprint density at radius 3 is 3.00 bits per heavy atom. The normalized spacial score (nSPS) is 12.7. The third-order valence-corrected chi connectivity index (χ3v) is 3.20. The molecule has 0 atom stereocenters. The lowest BCUT2D eigenvalue weighted by atomic mass is 10.1. The maximum Gasteiger partial charge on any atom is 0.228 e. The van der Waals surface area contributed by atoms with Crippen molar-refractivity contribution in [3.8, 4) is 0 Å². The number of fused-ring (bicyclic) bond motifs is 1. The molecule has 0 aromatic heterocycles. The standard InChI is InChI=1S/C14H20N4O3/c1-21-5-4-17-13(19)2-3-16-12-8-11-9(6-10(12)15)7-14(20)18-11/h6,8,16H,2-5,7,15H2,1H3,(H,17,19)(H,18,20). The number of hydrogen-bond acceptors (Lipinski definition) is 5. The van der Waals surface area contributed by atoms with Crippen LogP contribution in [0.15, 0.2) is 12.1 Å². The van der Waals surface area contributed by atoms with Crippen molar-refractivity contribution in [3.63, 3.8) is 0 Å². The zero-order valence-corrected chi connectivity index (χ0v) is 12.0. The van der Waals surface area contributed by atoms with E-state index in [1.54, 1.807) is 19.2 Å². The topological polar surface area (TPSA) is 105 Å². The van der Waals surface area contributed by atoms with Gasteiger partial charge in [0.2, 0.25) is 11.8 Å². The molecule has 0 unspecified atom stereocenters. The van der Waals surface area contributed by atoms with Gasteiger partial charge in [-0.2, -0.15) is 0 Å². The first-order chi connectivity index (χ1) is 10.1. The first-order valence-electron chi connectivity index (χ1n) is 6.82. The van der Waals surface area contributed by atoms with E-state index in [0.717, 1.165) is 16.9 Å². The van der Waals surface area contributed by atoms with E-state index in [2.05, 4.69) is 16.0 Å². The van der Waals surface area contributed by atoms with Crippen LogP contribution in [0.4, 0.5) is 17.1 Å². The average molecular weight is 292 g/mol. The molecule has 114 valence electrons. The number of nitrogens with two attached hydrogens (primary N) is 1. The lowest BCUT2D eigenvalue weighted by Gasteiger charge is -2.11. The molecule has 2 rings (SSSR count). The summed E-state index contributed by atoms with van der Waals surface area (Å²) in [6.45, 7) is 1.47. The molecular weight excluding hydrogens is 272 g/mol. The van der Waals surface area contributed by atoms with E-state index in [1.807, 2.05) is 0 Å². The average Bonchev–Trinajstić information content (AvgIpc) is 2.78. The maximum absolute atomic E-state index is 11.5. The summed E-state index contributed by atoms with van der Waals surface area (Å²) in [5.41, 5.74) is 8.91. The molecule has 0 radical (unpaired) electrons. The van der Waals surface area contributed by atoms with Crippen LogP contribution in [0.25, 0.3) is 0 Å². The maximum atomic E-state index is 11.5. The number of carbonyl (C=O) groups excluding carboxylic acids is 2. The Balaban J connectivity index is 1.83. The molecule has 1 aliphatic heterocycles. The molecule has 0 fully saturated rings. The van der Waals surface area contributed by atoms with Gasteiger partial charge in [-0.05, 0) is 17.7 Å². The summed E-state index contributed by atoms with van der Waals surface area (Å²) < 4.78 is 4.85. The van der Waals surface area contributed by atoms with Crippen LogP contribution >= 0.6 is 0 Å². The molecule has 1 heterocycles. The van der Waals surface area contributed by atoms with Crippen molar-refractivity contribution >= 4 is 28.9 Å². The minimum Gasteiger partial charge on any atom is -0.397 e. The minimum atomic E-state index is -0.0485. The predicted octanol–water partition coefficient (Wildman–Crippen LogP) is 0.328. The largest absolute Gasteiger partial charge is 0.397 e. The van der Waals surface area contributed by atoms with Crippen molar-refractivity contribution in [1.29, 1.82) is 0 Å². The van der Waals surface area contributed by atoms with Gasteiger partial charge in [-0.15, -0.1) is 0 Å². The summed E-state index contributed by atoms with van der Waals surface area (Å²) >= 11 is 0. The second kappa shape index (κ2) is 6.94. The number of methoxy groups -OCH3 is 1. The number of ether oxygens (including phenoxy) is 1. The van der Waals surface area contributed by atoms with Gasteiger partial charge in [-0.3, -0.25) is 9.59 Å². The Morgan fingerprint density at radius 2 is 2.24 bits per heavy atom. The quantitative estimate of drug-likeness (QED) is 0.428. The summed E-state index contributed by atoms with van der Waals surface area (Å²) in [6.07, 6.45) is 0.703. The van der Waals surface area contributed by atoms with Crippen molar-refractivity contribution < 1.29 is 14.3 Å². The van der Waals surface area contributed by atoms with Crippen molar-refractivity contribution in [1.82, 2.24) is 5.32 Å². The van der Waals surface area contributed by atoms with Gasteiger partial charge in [0.05, 0.1) is 24.4 Å². The fourth-order valence-electron chi connectivity index (χ4n) is 2.14. The number of carbonyl (C=O) groups is 2. The predicted molar refractivity (Wildman–Crippen MR) is 81.2 cm³/mol. The second-order valence-corrected chi connectivity index (χ2v) is 4.84. The molecule has 2 amide bonds. The van der Waals surface area contributed by atoms with E-state index in [4.69, 9.17) is 10.5 Å². The molecule has 1 aliphatic rings. The highest BCUT2D eigenvalue weighted by Crippen LogP contribution is 2.31. The Kier molecular flexibility index (Phi) is 4.99. The highest BCUT2D eigenvalue weighted by Gasteiger charge is 2.19. The lowest BCUT2D eigenvalue weighted by molar-refractivity contribution is -0.121. The summed E-state index contributed by atoms with van der Waals surface area (Å²) in [5, 5.41) is 8.62. The molecule has 5 N–H and O–H groups in total. The fraction of sp³-hybridized carbons (Fsp3) is 0.429. The van der Waals surface area contributed by atoms with Crippen molar-refractivity contribution in [2.75, 3.05) is 43.2 Å². The number of nitrogen functional groups attached to an aromatic ring is 1. The zero-order valence-electron chi connectivity index (χ0n) is 12.0. The third kappa shape index (κ3) is 4.09. The van der Waals surface area contributed by atoms with Crippen LogP contribution in [-0.2, 0) is 20.7 Å². The summed E-state index contributed by atoms with van der Waals surface area (Å²) in [7, 11) is 1.59. The monoisotopic (exact) mass is 292 g/mol. The van der Waals surface area contributed by atoms with Gasteiger partial charge in [0.15, 0.2) is 0 Å². The number of anilines is 3. The van der Waals surface area contributed by atoms with Crippen LogP contribution in [0.1, 0.15) is 12.0 Å². The Bertz CT molecular complexity index is 545. The fourth-order valence-corrected chi connectivity index (χ4v) is 2.14. The van der Waals surface area contributed by atoms with E-state index in [-0.39, 0.29) is 11.8 Å². The Labute approximate surface area is 123 Å². The van der Waals surface area contributed by atoms with Gasteiger partial charge in [-0.25, -0.2) is 0 Å². The number of amides is 2. The highest BCUT2D eigenvalue weighted by atomic mass is 16.5. The van der Waals surface area contributed by atoms with Crippen LogP contribution in [0.3, 0.4) is 0 Å². The third-order valence-electron chi connectivity index (χ3n) is 3.20. The van der Waals surface area contributed by atoms with Crippen LogP contribution in [0, 0.1) is 0 Å². The van der Waals surface area contributed by atoms with Crippen LogP contribution in [-0.4, -0.2) is 38.6 Å². The van der Waals surface area contributed by atoms with E-state index in [0.29, 0.717) is 38.2 Å². The SMILES string of the molecule is COCCNC(=O)CCNc1cc2c(cc1N)CC(=O)N2. The van der Waals surface area contributed by atoms with Crippen LogP contribution in [0.5, 0.6) is 0 Å². The highest BCUT2D eigenvalue weighted by molar-refractivity contribution is 6.00. The molecule has 1 aromatic carbocycles. The van der Waals surface area contributed by atoms with Gasteiger partial charge < -0.3 is 26.4 Å². The molecule has 21 heavy (non-hydrogen) atoms. The smallest absolute Gasteiger partial charge is 0.228 e. The summed E-state index contributed by atoms with van der Waals surface area (Å²) in [5.74, 6) is -0.0772. The lowest BCUT2D eigenvalue weighted by Crippen LogP contribution is -2.28. The first kappa shape index (κ1) is 15.1. The van der Waals surface area contributed by atoms with E-state index >= 15 is 0 Å². The molecule has 0 spiro atoms. The number of rotatable bonds is 7. The van der Waals surface area contributed by atoms with Crippen molar-refractivity contribution in [2.24, 2.45) is 0 Å². The van der Waals surface area contributed by atoms with Gasteiger partial charge in [0.25, 0.3) is 0 Å². The van der Waals surface area contributed by atoms with E-state index < -0.39 is 0 Å². The molecule has 7 heteroatoms. The first-order valence-corrected chi connectivity index (χ1v) is 6.82. The van der Waals surface area contributed by atoms with Gasteiger partial charge >= 0.3 is 0 Å². The van der Waals surface area contributed by atoms with Crippen molar-refractivity contribution in [3.05, 3.63) is 17.7 Å². The van der Waals surface area contributed by atoms with Crippen LogP contribution in [0.2, 0.25) is 0 Å². The number of hydrogen-bond donors (Lipinski definition) is 4. The summed E-state index contributed by atoms with van der Waals surface area (Å²) in [6, 6.07) is 3.59. The molecule has 7 nitrogen and oxygen atoms in total. The number of nitrogens with one attached hydrogen (secondary N) is 3.